The van der Waals surface area contributed by atoms with E-state index in [1.54, 1.807) is 4.90 Å². The quantitative estimate of drug-likeness (QED) is 0.765. The summed E-state index contributed by atoms with van der Waals surface area (Å²) in [7, 11) is 0. The molecule has 0 bridgehead atoms. The van der Waals surface area contributed by atoms with E-state index in [0.717, 1.165) is 6.42 Å². The first-order chi connectivity index (χ1) is 8.58. The van der Waals surface area contributed by atoms with Crippen molar-refractivity contribution in [2.45, 2.75) is 32.6 Å². The molecule has 18 heavy (non-hydrogen) atoms. The molecule has 0 atom stereocenters. The zero-order chi connectivity index (χ0) is 13.1. The lowest BCUT2D eigenvalue weighted by Gasteiger charge is -2.14. The minimum absolute atomic E-state index is 0.0283. The largest absolute Gasteiger partial charge is 0.335 e. The molecule has 0 spiro atoms. The molecule has 0 N–H and O–H groups in total. The fraction of sp³-hybridized carbons (Fsp3) is 0.467. The van der Waals surface area contributed by atoms with Crippen molar-refractivity contribution in [1.29, 1.82) is 0 Å². The molecule has 2 rings (SSSR count). The second kappa shape index (κ2) is 5.34. The number of carbonyl (C=O) groups excluding carboxylic acids is 2. The number of Topliss-reactive ketones (excluding diaryl/α,β-unsaturated/α-hetero) is 1. The Morgan fingerprint density at radius 3 is 2.44 bits per heavy atom. The minimum Gasteiger partial charge on any atom is -0.335 e. The zero-order valence-corrected chi connectivity index (χ0v) is 11.0. The third kappa shape index (κ3) is 2.78. The SMILES string of the molecule is CC(C)c1ccc(C(=O)CN2CCCC2=O)cc1. The van der Waals surface area contributed by atoms with Crippen LogP contribution in [0.1, 0.15) is 48.5 Å². The van der Waals surface area contributed by atoms with Crippen LogP contribution in [0.5, 0.6) is 0 Å². The van der Waals surface area contributed by atoms with E-state index < -0.39 is 0 Å². The molecule has 3 nitrogen and oxygen atoms in total. The average Bonchev–Trinajstić information content (AvgIpc) is 2.75. The van der Waals surface area contributed by atoms with Crippen molar-refractivity contribution in [3.63, 3.8) is 0 Å². The van der Waals surface area contributed by atoms with Crippen LogP contribution < -0.4 is 0 Å². The van der Waals surface area contributed by atoms with E-state index in [9.17, 15) is 9.59 Å². The van der Waals surface area contributed by atoms with Crippen LogP contribution in [0.3, 0.4) is 0 Å². The van der Waals surface area contributed by atoms with Gasteiger partial charge in [-0.3, -0.25) is 9.59 Å². The Morgan fingerprint density at radius 2 is 1.94 bits per heavy atom. The number of nitrogens with zero attached hydrogens (tertiary/aromatic N) is 1. The first-order valence-corrected chi connectivity index (χ1v) is 6.49. The highest BCUT2D eigenvalue weighted by atomic mass is 16.2. The molecular weight excluding hydrogens is 226 g/mol. The molecule has 0 aliphatic carbocycles. The third-order valence-corrected chi connectivity index (χ3v) is 3.41. The van der Waals surface area contributed by atoms with Gasteiger partial charge in [-0.2, -0.15) is 0 Å². The average molecular weight is 245 g/mol. The van der Waals surface area contributed by atoms with E-state index in [1.807, 2.05) is 24.3 Å². The molecule has 1 fully saturated rings. The van der Waals surface area contributed by atoms with Crippen molar-refractivity contribution in [3.8, 4) is 0 Å². The van der Waals surface area contributed by atoms with Crippen LogP contribution >= 0.6 is 0 Å². The molecule has 96 valence electrons. The van der Waals surface area contributed by atoms with Crippen LogP contribution in [0.4, 0.5) is 0 Å². The molecule has 0 radical (unpaired) electrons. The van der Waals surface area contributed by atoms with E-state index in [4.69, 9.17) is 0 Å². The van der Waals surface area contributed by atoms with Crippen LogP contribution in [0.2, 0.25) is 0 Å². The van der Waals surface area contributed by atoms with Gasteiger partial charge in [0.15, 0.2) is 5.78 Å². The second-order valence-corrected chi connectivity index (χ2v) is 5.12. The summed E-state index contributed by atoms with van der Waals surface area (Å²) in [6.45, 7) is 5.19. The summed E-state index contributed by atoms with van der Waals surface area (Å²) >= 11 is 0. The predicted molar refractivity (Wildman–Crippen MR) is 70.7 cm³/mol. The van der Waals surface area contributed by atoms with Crippen molar-refractivity contribution >= 4 is 11.7 Å². The Hall–Kier alpha value is -1.64. The van der Waals surface area contributed by atoms with Crippen LogP contribution in [-0.2, 0) is 4.79 Å². The molecule has 1 aliphatic rings. The highest BCUT2D eigenvalue weighted by Crippen LogP contribution is 2.16. The molecule has 1 aromatic rings. The zero-order valence-electron chi connectivity index (χ0n) is 11.0. The van der Waals surface area contributed by atoms with Gasteiger partial charge in [0.1, 0.15) is 0 Å². The van der Waals surface area contributed by atoms with Gasteiger partial charge in [-0.1, -0.05) is 38.1 Å². The molecule has 3 heteroatoms. The summed E-state index contributed by atoms with van der Waals surface area (Å²) in [5, 5.41) is 0. The summed E-state index contributed by atoms with van der Waals surface area (Å²) < 4.78 is 0. The van der Waals surface area contributed by atoms with Gasteiger partial charge in [-0.05, 0) is 17.9 Å². The Balaban J connectivity index is 2.02. The summed E-state index contributed by atoms with van der Waals surface area (Å²) in [6, 6.07) is 7.70. The first kappa shape index (κ1) is 12.8. The standard InChI is InChI=1S/C15H19NO2/c1-11(2)12-5-7-13(8-6-12)14(17)10-16-9-3-4-15(16)18/h5-8,11H,3-4,9-10H2,1-2H3. The smallest absolute Gasteiger partial charge is 0.223 e. The van der Waals surface area contributed by atoms with Crippen molar-refractivity contribution < 1.29 is 9.59 Å². The molecule has 1 aliphatic heterocycles. The Bertz CT molecular complexity index is 448. The van der Waals surface area contributed by atoms with E-state index in [-0.39, 0.29) is 18.2 Å². The lowest BCUT2D eigenvalue weighted by Crippen LogP contribution is -2.30. The van der Waals surface area contributed by atoms with E-state index in [0.29, 0.717) is 24.4 Å². The highest BCUT2D eigenvalue weighted by Gasteiger charge is 2.22. The van der Waals surface area contributed by atoms with Gasteiger partial charge >= 0.3 is 0 Å². The molecule has 0 aromatic heterocycles. The fourth-order valence-electron chi connectivity index (χ4n) is 2.19. The second-order valence-electron chi connectivity index (χ2n) is 5.12. The van der Waals surface area contributed by atoms with Crippen molar-refractivity contribution in [2.24, 2.45) is 0 Å². The highest BCUT2D eigenvalue weighted by molar-refractivity contribution is 5.99. The molecule has 1 heterocycles. The van der Waals surface area contributed by atoms with Gasteiger partial charge in [0.05, 0.1) is 6.54 Å². The maximum atomic E-state index is 12.0. The summed E-state index contributed by atoms with van der Waals surface area (Å²) in [6.07, 6.45) is 1.46. The summed E-state index contributed by atoms with van der Waals surface area (Å²) in [5.41, 5.74) is 1.92. The Kier molecular flexibility index (Phi) is 3.80. The van der Waals surface area contributed by atoms with E-state index in [1.165, 1.54) is 5.56 Å². The molecule has 1 aromatic carbocycles. The maximum Gasteiger partial charge on any atom is 0.223 e. The first-order valence-electron chi connectivity index (χ1n) is 6.49. The molecule has 1 amide bonds. The molecular formula is C15H19NO2. The number of likely N-dealkylation sites (tertiary alicyclic amines) is 1. The van der Waals surface area contributed by atoms with Gasteiger partial charge in [0.25, 0.3) is 0 Å². The number of rotatable bonds is 4. The molecule has 1 saturated heterocycles. The lowest BCUT2D eigenvalue weighted by molar-refractivity contribution is -0.127. The molecule has 0 saturated carbocycles. The monoisotopic (exact) mass is 245 g/mol. The number of ketones is 1. The lowest BCUT2D eigenvalue weighted by atomic mass is 10.0. The van der Waals surface area contributed by atoms with Gasteiger partial charge in [0.2, 0.25) is 5.91 Å². The van der Waals surface area contributed by atoms with Crippen LogP contribution in [0.25, 0.3) is 0 Å². The summed E-state index contributed by atoms with van der Waals surface area (Å²) in [5.74, 6) is 0.594. The Labute approximate surface area is 108 Å². The van der Waals surface area contributed by atoms with Crippen molar-refractivity contribution in [1.82, 2.24) is 4.90 Å². The Morgan fingerprint density at radius 1 is 1.28 bits per heavy atom. The number of hydrogen-bond donors (Lipinski definition) is 0. The van der Waals surface area contributed by atoms with Crippen LogP contribution in [0.15, 0.2) is 24.3 Å². The van der Waals surface area contributed by atoms with Gasteiger partial charge in [-0.25, -0.2) is 0 Å². The van der Waals surface area contributed by atoms with Gasteiger partial charge < -0.3 is 4.90 Å². The maximum absolute atomic E-state index is 12.0. The topological polar surface area (TPSA) is 37.4 Å². The normalized spacial score (nSPS) is 15.5. The van der Waals surface area contributed by atoms with Crippen LogP contribution in [-0.4, -0.2) is 29.7 Å². The van der Waals surface area contributed by atoms with E-state index >= 15 is 0 Å². The predicted octanol–water partition coefficient (Wildman–Crippen LogP) is 2.62. The van der Waals surface area contributed by atoms with Gasteiger partial charge in [0, 0.05) is 18.5 Å². The molecule has 0 unspecified atom stereocenters. The number of amides is 1. The van der Waals surface area contributed by atoms with E-state index in [2.05, 4.69) is 13.8 Å². The van der Waals surface area contributed by atoms with Crippen molar-refractivity contribution in [3.05, 3.63) is 35.4 Å². The minimum atomic E-state index is 0.0283. The number of carbonyl (C=O) groups is 2. The van der Waals surface area contributed by atoms with Crippen LogP contribution in [0, 0.1) is 0 Å². The summed E-state index contributed by atoms with van der Waals surface area (Å²) in [4.78, 5) is 25.1. The van der Waals surface area contributed by atoms with Crippen molar-refractivity contribution in [2.75, 3.05) is 13.1 Å². The van der Waals surface area contributed by atoms with Gasteiger partial charge in [-0.15, -0.1) is 0 Å². The number of benzene rings is 1. The third-order valence-electron chi connectivity index (χ3n) is 3.41. The fourth-order valence-corrected chi connectivity index (χ4v) is 2.19. The number of hydrogen-bond acceptors (Lipinski definition) is 2.